The molecule has 5 heteroatoms. The summed E-state index contributed by atoms with van der Waals surface area (Å²) in [4.78, 5) is 11.6. The summed E-state index contributed by atoms with van der Waals surface area (Å²) >= 11 is 6.02. The molecule has 18 heavy (non-hydrogen) atoms. The van der Waals surface area contributed by atoms with Crippen LogP contribution in [0.15, 0.2) is 24.3 Å². The summed E-state index contributed by atoms with van der Waals surface area (Å²) in [5, 5.41) is 3.55. The molecule has 1 amide bonds. The Morgan fingerprint density at radius 1 is 1.50 bits per heavy atom. The molecule has 100 valence electrons. The average molecular weight is 271 g/mol. The second-order valence-corrected chi connectivity index (χ2v) is 4.40. The monoisotopic (exact) mass is 270 g/mol. The Bertz CT molecular complexity index is 381. The van der Waals surface area contributed by atoms with E-state index in [1.165, 1.54) is 0 Å². The summed E-state index contributed by atoms with van der Waals surface area (Å²) in [6, 6.07) is 7.60. The van der Waals surface area contributed by atoms with Gasteiger partial charge in [-0.2, -0.15) is 0 Å². The maximum atomic E-state index is 11.6. The summed E-state index contributed by atoms with van der Waals surface area (Å²) in [5.74, 6) is -0.0562. The van der Waals surface area contributed by atoms with Crippen LogP contribution < -0.4 is 11.1 Å². The first-order valence-corrected chi connectivity index (χ1v) is 6.28. The van der Waals surface area contributed by atoms with E-state index in [9.17, 15) is 4.79 Å². The first-order valence-electron chi connectivity index (χ1n) is 5.90. The third-order valence-corrected chi connectivity index (χ3v) is 3.05. The smallest absolute Gasteiger partial charge is 0.222 e. The fourth-order valence-corrected chi connectivity index (χ4v) is 1.81. The molecule has 1 rings (SSSR count). The zero-order chi connectivity index (χ0) is 13.4. The average Bonchev–Trinajstić information content (AvgIpc) is 2.38. The van der Waals surface area contributed by atoms with Crippen LogP contribution in [0.1, 0.15) is 12.0 Å². The van der Waals surface area contributed by atoms with Gasteiger partial charge in [0.05, 0.1) is 12.5 Å². The van der Waals surface area contributed by atoms with Crippen molar-refractivity contribution in [3.05, 3.63) is 34.9 Å². The van der Waals surface area contributed by atoms with E-state index >= 15 is 0 Å². The third kappa shape index (κ3) is 5.04. The van der Waals surface area contributed by atoms with Gasteiger partial charge in [-0.05, 0) is 18.1 Å². The van der Waals surface area contributed by atoms with Crippen LogP contribution >= 0.6 is 11.6 Å². The van der Waals surface area contributed by atoms with Crippen molar-refractivity contribution < 1.29 is 9.53 Å². The van der Waals surface area contributed by atoms with Gasteiger partial charge in [-0.3, -0.25) is 4.79 Å². The van der Waals surface area contributed by atoms with Crippen molar-refractivity contribution in [1.82, 2.24) is 5.32 Å². The summed E-state index contributed by atoms with van der Waals surface area (Å²) in [6.45, 7) is 0.901. The van der Waals surface area contributed by atoms with Gasteiger partial charge in [0, 0.05) is 25.2 Å². The van der Waals surface area contributed by atoms with Crippen molar-refractivity contribution in [3.8, 4) is 0 Å². The number of benzene rings is 1. The van der Waals surface area contributed by atoms with Crippen LogP contribution in [0.25, 0.3) is 0 Å². The normalized spacial score (nSPS) is 12.2. The number of rotatable bonds is 7. The molecule has 0 fully saturated rings. The number of nitrogens with two attached hydrogens (primary N) is 1. The minimum absolute atomic E-state index is 0.0562. The largest absolute Gasteiger partial charge is 0.380 e. The molecule has 3 N–H and O–H groups in total. The van der Waals surface area contributed by atoms with Gasteiger partial charge in [-0.1, -0.05) is 29.8 Å². The Balaban J connectivity index is 2.29. The second-order valence-electron chi connectivity index (χ2n) is 3.99. The molecule has 1 atom stereocenters. The Morgan fingerprint density at radius 2 is 2.22 bits per heavy atom. The van der Waals surface area contributed by atoms with E-state index in [4.69, 9.17) is 22.1 Å². The fraction of sp³-hybridized carbons (Fsp3) is 0.462. The van der Waals surface area contributed by atoms with Crippen molar-refractivity contribution in [2.24, 2.45) is 5.73 Å². The molecule has 0 radical (unpaired) electrons. The molecule has 0 spiro atoms. The second kappa shape index (κ2) is 8.08. The molecular weight excluding hydrogens is 252 g/mol. The van der Waals surface area contributed by atoms with Crippen LogP contribution in [-0.4, -0.2) is 32.2 Å². The number of ether oxygens (including phenoxy) is 1. The van der Waals surface area contributed by atoms with Crippen LogP contribution in [0, 0.1) is 0 Å². The van der Waals surface area contributed by atoms with E-state index in [2.05, 4.69) is 5.32 Å². The predicted molar refractivity (Wildman–Crippen MR) is 72.6 cm³/mol. The molecule has 0 bridgehead atoms. The molecule has 1 aromatic carbocycles. The molecular formula is C13H19ClN2O2. The number of nitrogens with one attached hydrogen (secondary N) is 1. The number of methoxy groups -OCH3 is 1. The number of carbonyl (C=O) groups excluding carboxylic acids is 1. The molecule has 0 aromatic heterocycles. The SMILES string of the molecule is COC(CN)CC(=O)NCCc1ccccc1Cl. The highest BCUT2D eigenvalue weighted by Crippen LogP contribution is 2.14. The molecule has 0 aliphatic heterocycles. The quantitative estimate of drug-likeness (QED) is 0.786. The molecule has 0 aliphatic rings. The highest BCUT2D eigenvalue weighted by Gasteiger charge is 2.10. The summed E-state index contributed by atoms with van der Waals surface area (Å²) < 4.78 is 5.05. The van der Waals surface area contributed by atoms with E-state index in [0.29, 0.717) is 19.5 Å². The van der Waals surface area contributed by atoms with Crippen molar-refractivity contribution in [1.29, 1.82) is 0 Å². The first-order chi connectivity index (χ1) is 8.67. The Morgan fingerprint density at radius 3 is 2.83 bits per heavy atom. The molecule has 4 nitrogen and oxygen atoms in total. The summed E-state index contributed by atoms with van der Waals surface area (Å²) in [7, 11) is 1.55. The topological polar surface area (TPSA) is 64.3 Å². The Kier molecular flexibility index (Phi) is 6.72. The Labute approximate surface area is 112 Å². The molecule has 1 aromatic rings. The lowest BCUT2D eigenvalue weighted by Gasteiger charge is -2.12. The van der Waals surface area contributed by atoms with E-state index in [1.807, 2.05) is 24.3 Å². The van der Waals surface area contributed by atoms with E-state index in [-0.39, 0.29) is 18.4 Å². The number of halogens is 1. The molecule has 0 saturated carbocycles. The Hall–Kier alpha value is -1.10. The number of amides is 1. The van der Waals surface area contributed by atoms with Gasteiger partial charge in [0.25, 0.3) is 0 Å². The number of carbonyl (C=O) groups is 1. The van der Waals surface area contributed by atoms with E-state index in [0.717, 1.165) is 10.6 Å². The maximum Gasteiger partial charge on any atom is 0.222 e. The minimum atomic E-state index is -0.217. The lowest BCUT2D eigenvalue weighted by Crippen LogP contribution is -2.33. The van der Waals surface area contributed by atoms with Gasteiger partial charge in [0.1, 0.15) is 0 Å². The minimum Gasteiger partial charge on any atom is -0.380 e. The van der Waals surface area contributed by atoms with Crippen molar-refractivity contribution >= 4 is 17.5 Å². The third-order valence-electron chi connectivity index (χ3n) is 2.68. The van der Waals surface area contributed by atoms with Gasteiger partial charge >= 0.3 is 0 Å². The molecule has 0 aliphatic carbocycles. The van der Waals surface area contributed by atoms with Crippen LogP contribution in [0.4, 0.5) is 0 Å². The van der Waals surface area contributed by atoms with Crippen LogP contribution in [0.5, 0.6) is 0 Å². The van der Waals surface area contributed by atoms with Gasteiger partial charge in [-0.15, -0.1) is 0 Å². The van der Waals surface area contributed by atoms with E-state index in [1.54, 1.807) is 7.11 Å². The van der Waals surface area contributed by atoms with Crippen LogP contribution in [-0.2, 0) is 16.0 Å². The molecule has 0 heterocycles. The van der Waals surface area contributed by atoms with E-state index < -0.39 is 0 Å². The van der Waals surface area contributed by atoms with Crippen molar-refractivity contribution in [3.63, 3.8) is 0 Å². The fourth-order valence-electron chi connectivity index (χ4n) is 1.58. The predicted octanol–water partition coefficient (Wildman–Crippen LogP) is 1.36. The van der Waals surface area contributed by atoms with Crippen molar-refractivity contribution in [2.45, 2.75) is 18.9 Å². The highest BCUT2D eigenvalue weighted by atomic mass is 35.5. The maximum absolute atomic E-state index is 11.6. The van der Waals surface area contributed by atoms with Crippen molar-refractivity contribution in [2.75, 3.05) is 20.2 Å². The number of hydrogen-bond donors (Lipinski definition) is 2. The zero-order valence-corrected chi connectivity index (χ0v) is 11.2. The molecule has 1 unspecified atom stereocenters. The standard InChI is InChI=1S/C13H19ClN2O2/c1-18-11(9-15)8-13(17)16-7-6-10-4-2-3-5-12(10)14/h2-5,11H,6-9,15H2,1H3,(H,16,17). The van der Waals surface area contributed by atoms with Gasteiger partial charge in [-0.25, -0.2) is 0 Å². The lowest BCUT2D eigenvalue weighted by atomic mass is 10.1. The highest BCUT2D eigenvalue weighted by molar-refractivity contribution is 6.31. The lowest BCUT2D eigenvalue weighted by molar-refractivity contribution is -0.123. The molecule has 0 saturated heterocycles. The number of hydrogen-bond acceptors (Lipinski definition) is 3. The van der Waals surface area contributed by atoms with Gasteiger partial charge in [0.15, 0.2) is 0 Å². The van der Waals surface area contributed by atoms with Crippen LogP contribution in [0.3, 0.4) is 0 Å². The van der Waals surface area contributed by atoms with Crippen LogP contribution in [0.2, 0.25) is 5.02 Å². The van der Waals surface area contributed by atoms with Gasteiger partial charge in [0.2, 0.25) is 5.91 Å². The van der Waals surface area contributed by atoms with Gasteiger partial charge < -0.3 is 15.8 Å². The first kappa shape index (κ1) is 15.0. The summed E-state index contributed by atoms with van der Waals surface area (Å²) in [6.07, 6.45) is 0.784. The zero-order valence-electron chi connectivity index (χ0n) is 10.5. The summed E-state index contributed by atoms with van der Waals surface area (Å²) in [5.41, 5.74) is 6.48.